The van der Waals surface area contributed by atoms with Gasteiger partial charge in [-0.2, -0.15) is 0 Å². The van der Waals surface area contributed by atoms with Crippen molar-refractivity contribution in [3.63, 3.8) is 0 Å². The van der Waals surface area contributed by atoms with Crippen molar-refractivity contribution in [3.8, 4) is 10.6 Å². The van der Waals surface area contributed by atoms with E-state index in [9.17, 15) is 5.11 Å². The molecule has 1 aromatic carbocycles. The van der Waals surface area contributed by atoms with Crippen molar-refractivity contribution < 1.29 is 14.0 Å². The average molecular weight is 519 g/mol. The van der Waals surface area contributed by atoms with E-state index in [0.717, 1.165) is 50.1 Å². The number of fused-ring (bicyclic) bond motifs is 3. The molecule has 5 heterocycles. The molecule has 1 aliphatic heterocycles. The van der Waals surface area contributed by atoms with E-state index in [4.69, 9.17) is 13.8 Å². The van der Waals surface area contributed by atoms with Crippen molar-refractivity contribution in [2.24, 2.45) is 13.0 Å². The summed E-state index contributed by atoms with van der Waals surface area (Å²) in [7, 11) is 1.73. The molecule has 37 heavy (non-hydrogen) atoms. The smallest absolute Gasteiger partial charge is 0.106 e. The molecule has 1 fully saturated rings. The Balaban J connectivity index is 1.71. The van der Waals surface area contributed by atoms with Gasteiger partial charge in [0.2, 0.25) is 0 Å². The molecule has 0 aliphatic carbocycles. The first-order valence-electron chi connectivity index (χ1n) is 14.2. The highest BCUT2D eigenvalue weighted by atomic mass is 32.1. The Hall–Kier alpha value is -3.07. The van der Waals surface area contributed by atoms with Crippen molar-refractivity contribution in [1.82, 2.24) is 24.5 Å². The van der Waals surface area contributed by atoms with Crippen LogP contribution in [0.25, 0.3) is 31.8 Å². The molecule has 4 aromatic heterocycles. The molecule has 7 nitrogen and oxygen atoms in total. The molecule has 192 valence electrons. The Labute approximate surface area is 224 Å². The van der Waals surface area contributed by atoms with Crippen molar-refractivity contribution in [2.45, 2.75) is 52.1 Å². The largest absolute Gasteiger partial charge is 0.386 e. The Kier molecular flexibility index (Phi) is 5.11. The van der Waals surface area contributed by atoms with Crippen LogP contribution in [0.2, 0.25) is 0 Å². The zero-order valence-electron chi connectivity index (χ0n) is 24.5. The lowest BCUT2D eigenvalue weighted by atomic mass is 9.86. The van der Waals surface area contributed by atoms with Gasteiger partial charge in [0.25, 0.3) is 0 Å². The lowest BCUT2D eigenvalue weighted by Gasteiger charge is -2.33. The quantitative estimate of drug-likeness (QED) is 0.313. The normalized spacial score (nSPS) is 17.7. The second-order valence-corrected chi connectivity index (χ2v) is 11.5. The van der Waals surface area contributed by atoms with Crippen LogP contribution < -0.4 is 0 Å². The summed E-state index contributed by atoms with van der Waals surface area (Å²) in [6, 6.07) is 12.6. The summed E-state index contributed by atoms with van der Waals surface area (Å²) in [6.07, 6.45) is 3.58. The number of pyridine rings is 1. The maximum Gasteiger partial charge on any atom is 0.106 e. The number of ether oxygens (including phenoxy) is 1. The fourth-order valence-corrected chi connectivity index (χ4v) is 7.04. The summed E-state index contributed by atoms with van der Waals surface area (Å²) in [5.74, 6) is 0.319. The first kappa shape index (κ1) is 20.9. The number of benzene rings is 1. The monoisotopic (exact) mass is 518 g/mol. The molecular formula is C29H33N5O2S. The molecule has 0 bridgehead atoms. The summed E-state index contributed by atoms with van der Waals surface area (Å²) in [6.45, 7) is 4.61. The van der Waals surface area contributed by atoms with Gasteiger partial charge in [-0.15, -0.1) is 16.4 Å². The van der Waals surface area contributed by atoms with Gasteiger partial charge in [-0.05, 0) is 63.6 Å². The van der Waals surface area contributed by atoms with E-state index in [-0.39, 0.29) is 11.7 Å². The molecule has 1 aliphatic rings. The van der Waals surface area contributed by atoms with Crippen LogP contribution in [0, 0.1) is 19.7 Å². The highest BCUT2D eigenvalue weighted by Gasteiger charge is 2.33. The maximum atomic E-state index is 10.9. The number of aryl methyl sites for hydroxylation is 3. The van der Waals surface area contributed by atoms with Crippen LogP contribution in [0.15, 0.2) is 42.6 Å². The Morgan fingerprint density at radius 1 is 1.22 bits per heavy atom. The van der Waals surface area contributed by atoms with E-state index >= 15 is 0 Å². The minimum atomic E-state index is -2.39. The predicted octanol–water partition coefficient (Wildman–Crippen LogP) is 5.91. The van der Waals surface area contributed by atoms with Crippen molar-refractivity contribution >= 4 is 32.6 Å². The Bertz CT molecular complexity index is 1690. The van der Waals surface area contributed by atoms with Gasteiger partial charge < -0.3 is 14.4 Å². The number of hydrogen-bond acceptors (Lipinski definition) is 6. The fraction of sp³-hybridized carbons (Fsp3) is 0.414. The summed E-state index contributed by atoms with van der Waals surface area (Å²) < 4.78 is 34.9. The fourth-order valence-electron chi connectivity index (χ4n) is 5.66. The molecular weight excluding hydrogens is 482 g/mol. The number of aliphatic hydroxyl groups is 1. The van der Waals surface area contributed by atoms with Crippen LogP contribution in [0.4, 0.5) is 0 Å². The molecule has 5 aromatic rings. The highest BCUT2D eigenvalue weighted by molar-refractivity contribution is 7.23. The molecule has 1 N–H and O–H groups in total. The second-order valence-electron chi connectivity index (χ2n) is 10.5. The molecule has 0 radical (unpaired) electrons. The minimum absolute atomic E-state index is 0.000766. The summed E-state index contributed by atoms with van der Waals surface area (Å²) >= 11 is 1.53. The van der Waals surface area contributed by atoms with Gasteiger partial charge in [0.15, 0.2) is 0 Å². The van der Waals surface area contributed by atoms with E-state index < -0.39 is 12.5 Å². The standard InChI is InChI=1S/C29H33N5O2S/c1-17-24-28(37-27(17)25-18(2)31-32-33(25)5)23-22(15-21(16-30-23)29(3,4)35)34(24)26(19-9-7-6-8-10-19)20-11-13-36-14-12-20/h6-10,15-16,20,26,35H,11-14H2,1-5H3/t26-/m1/s1/i2D3. The van der Waals surface area contributed by atoms with Crippen LogP contribution in [0.3, 0.4) is 0 Å². The molecule has 6 rings (SSSR count). The molecule has 1 atom stereocenters. The summed E-state index contributed by atoms with van der Waals surface area (Å²) in [5, 5.41) is 19.0. The number of hydrogen-bond donors (Lipinski definition) is 1. The van der Waals surface area contributed by atoms with E-state index in [2.05, 4.69) is 45.2 Å². The maximum absolute atomic E-state index is 10.9. The number of aromatic nitrogens is 5. The van der Waals surface area contributed by atoms with Gasteiger partial charge in [-0.25, -0.2) is 4.68 Å². The van der Waals surface area contributed by atoms with Crippen molar-refractivity contribution in [3.05, 3.63) is 65.0 Å². The summed E-state index contributed by atoms with van der Waals surface area (Å²) in [5.41, 5.74) is 5.16. The lowest BCUT2D eigenvalue weighted by Crippen LogP contribution is -2.27. The Morgan fingerprint density at radius 2 is 1.97 bits per heavy atom. The van der Waals surface area contributed by atoms with Crippen molar-refractivity contribution in [1.29, 1.82) is 0 Å². The van der Waals surface area contributed by atoms with Crippen LogP contribution in [0.1, 0.15) is 59.2 Å². The van der Waals surface area contributed by atoms with E-state index in [1.165, 1.54) is 16.9 Å². The third kappa shape index (κ3) is 3.98. The van der Waals surface area contributed by atoms with Crippen LogP contribution in [0.5, 0.6) is 0 Å². The van der Waals surface area contributed by atoms with Crippen LogP contribution >= 0.6 is 11.3 Å². The van der Waals surface area contributed by atoms with Gasteiger partial charge in [0.05, 0.1) is 37.9 Å². The van der Waals surface area contributed by atoms with Gasteiger partial charge >= 0.3 is 0 Å². The highest BCUT2D eigenvalue weighted by Crippen LogP contribution is 2.47. The van der Waals surface area contributed by atoms with Crippen molar-refractivity contribution in [2.75, 3.05) is 13.2 Å². The first-order valence-corrected chi connectivity index (χ1v) is 13.5. The van der Waals surface area contributed by atoms with Gasteiger partial charge in [0.1, 0.15) is 11.2 Å². The SMILES string of the molecule is [2H]C([2H])([2H])c1nnn(C)c1-c1sc2c3ncc(C(C)(C)O)cc3n([C@H](c3ccccc3)C3CCOCC3)c2c1C. The third-order valence-electron chi connectivity index (χ3n) is 7.58. The zero-order chi connectivity index (χ0) is 28.4. The minimum Gasteiger partial charge on any atom is -0.386 e. The summed E-state index contributed by atoms with van der Waals surface area (Å²) in [4.78, 5) is 5.73. The molecule has 8 heteroatoms. The zero-order valence-corrected chi connectivity index (χ0v) is 22.3. The number of rotatable bonds is 5. The molecule has 0 saturated carbocycles. The van der Waals surface area contributed by atoms with Gasteiger partial charge in [-0.1, -0.05) is 35.5 Å². The van der Waals surface area contributed by atoms with Crippen LogP contribution in [-0.4, -0.2) is 42.9 Å². The number of nitrogens with zero attached hydrogens (tertiary/aromatic N) is 5. The average Bonchev–Trinajstić information content (AvgIpc) is 3.56. The van der Waals surface area contributed by atoms with Gasteiger partial charge in [-0.3, -0.25) is 4.98 Å². The number of thiophene rings is 1. The Morgan fingerprint density at radius 3 is 2.68 bits per heavy atom. The van der Waals surface area contributed by atoms with E-state index in [1.807, 2.05) is 13.0 Å². The molecule has 0 spiro atoms. The molecule has 1 saturated heterocycles. The second kappa shape index (κ2) is 9.04. The third-order valence-corrected chi connectivity index (χ3v) is 8.87. The van der Waals surface area contributed by atoms with E-state index in [1.54, 1.807) is 31.8 Å². The molecule has 0 unspecified atom stereocenters. The predicted molar refractivity (Wildman–Crippen MR) is 148 cm³/mol. The van der Waals surface area contributed by atoms with E-state index in [0.29, 0.717) is 24.8 Å². The first-order chi connectivity index (χ1) is 19.0. The van der Waals surface area contributed by atoms with Crippen LogP contribution in [-0.2, 0) is 17.4 Å². The molecule has 0 amide bonds. The van der Waals surface area contributed by atoms with Gasteiger partial charge in [0, 0.05) is 36.1 Å². The lowest BCUT2D eigenvalue weighted by molar-refractivity contribution is 0.0552. The topological polar surface area (TPSA) is 78.0 Å².